The van der Waals surface area contributed by atoms with Gasteiger partial charge in [-0.2, -0.15) is 0 Å². The zero-order chi connectivity index (χ0) is 15.7. The van der Waals surface area contributed by atoms with E-state index in [4.69, 9.17) is 10.6 Å². The minimum absolute atomic E-state index is 0.0292. The summed E-state index contributed by atoms with van der Waals surface area (Å²) in [6, 6.07) is 6.76. The van der Waals surface area contributed by atoms with Crippen LogP contribution >= 0.6 is 0 Å². The summed E-state index contributed by atoms with van der Waals surface area (Å²) in [5.74, 6) is 5.28. The highest BCUT2D eigenvalue weighted by atomic mass is 16.5. The molecule has 7 heteroatoms. The van der Waals surface area contributed by atoms with Gasteiger partial charge in [-0.25, -0.2) is 5.84 Å². The van der Waals surface area contributed by atoms with E-state index in [1.54, 1.807) is 31.3 Å². The second kappa shape index (κ2) is 8.93. The summed E-state index contributed by atoms with van der Waals surface area (Å²) in [5, 5.41) is 2.59. The van der Waals surface area contributed by atoms with E-state index in [2.05, 4.69) is 10.7 Å². The van der Waals surface area contributed by atoms with Gasteiger partial charge in [-0.3, -0.25) is 19.9 Å². The summed E-state index contributed by atoms with van der Waals surface area (Å²) in [4.78, 5) is 24.7. The number of hydrogen-bond donors (Lipinski definition) is 3. The number of carbonyl (C=O) groups excluding carboxylic acids is 2. The van der Waals surface area contributed by atoms with Gasteiger partial charge < -0.3 is 10.1 Å². The Morgan fingerprint density at radius 3 is 2.76 bits per heavy atom. The fraction of sp³-hybridized carbons (Fsp3) is 0.429. The minimum atomic E-state index is -0.366. The number of carbonyl (C=O) groups is 2. The first kappa shape index (κ1) is 16.9. The predicted octanol–water partition coefficient (Wildman–Crippen LogP) is -0.263. The predicted molar refractivity (Wildman–Crippen MR) is 79.8 cm³/mol. The van der Waals surface area contributed by atoms with Gasteiger partial charge in [-0.1, -0.05) is 13.0 Å². The molecular weight excluding hydrogens is 272 g/mol. The maximum Gasteiger partial charge on any atom is 0.265 e. The van der Waals surface area contributed by atoms with Crippen LogP contribution in [0.4, 0.5) is 0 Å². The Morgan fingerprint density at radius 1 is 1.38 bits per heavy atom. The normalized spacial score (nSPS) is 10.3. The third-order valence-corrected chi connectivity index (χ3v) is 3.00. The average Bonchev–Trinajstić information content (AvgIpc) is 2.53. The van der Waals surface area contributed by atoms with Crippen molar-refractivity contribution in [2.45, 2.75) is 6.92 Å². The quantitative estimate of drug-likeness (QED) is 0.349. The highest BCUT2D eigenvalue weighted by molar-refractivity contribution is 5.94. The first-order chi connectivity index (χ1) is 10.1. The molecule has 0 saturated carbocycles. The van der Waals surface area contributed by atoms with Crippen LogP contribution in [0.5, 0.6) is 5.75 Å². The Balaban J connectivity index is 2.47. The molecule has 0 heterocycles. The van der Waals surface area contributed by atoms with Crippen molar-refractivity contribution in [1.82, 2.24) is 15.6 Å². The summed E-state index contributed by atoms with van der Waals surface area (Å²) < 4.78 is 5.59. The van der Waals surface area contributed by atoms with Gasteiger partial charge in [0.1, 0.15) is 12.4 Å². The third-order valence-electron chi connectivity index (χ3n) is 3.00. The van der Waals surface area contributed by atoms with Crippen LogP contribution in [0.15, 0.2) is 24.3 Å². The van der Waals surface area contributed by atoms with E-state index in [0.717, 1.165) is 6.54 Å². The molecule has 116 valence electrons. The third kappa shape index (κ3) is 5.80. The van der Waals surface area contributed by atoms with E-state index < -0.39 is 0 Å². The molecule has 0 radical (unpaired) electrons. The molecule has 1 aromatic carbocycles. The molecule has 0 spiro atoms. The summed E-state index contributed by atoms with van der Waals surface area (Å²) in [5.41, 5.74) is 2.51. The molecule has 1 rings (SSSR count). The molecule has 0 aliphatic carbocycles. The first-order valence-electron chi connectivity index (χ1n) is 6.77. The lowest BCUT2D eigenvalue weighted by molar-refractivity contribution is -0.121. The van der Waals surface area contributed by atoms with Crippen LogP contribution in [-0.4, -0.2) is 50.0 Å². The van der Waals surface area contributed by atoms with Crippen molar-refractivity contribution in [3.05, 3.63) is 29.8 Å². The van der Waals surface area contributed by atoms with Crippen molar-refractivity contribution in [2.75, 3.05) is 33.3 Å². The highest BCUT2D eigenvalue weighted by Crippen LogP contribution is 2.13. The van der Waals surface area contributed by atoms with Gasteiger partial charge in [0.05, 0.1) is 6.54 Å². The molecule has 0 bridgehead atoms. The van der Waals surface area contributed by atoms with Crippen LogP contribution < -0.4 is 21.3 Å². The van der Waals surface area contributed by atoms with Gasteiger partial charge in [0, 0.05) is 19.2 Å². The molecule has 7 nitrogen and oxygen atoms in total. The average molecular weight is 294 g/mol. The number of nitrogens with one attached hydrogen (secondary N) is 2. The number of hydrazine groups is 1. The van der Waals surface area contributed by atoms with Crippen molar-refractivity contribution in [2.24, 2.45) is 5.84 Å². The Hall–Kier alpha value is -2.12. The Morgan fingerprint density at radius 2 is 2.14 bits per heavy atom. The lowest BCUT2D eigenvalue weighted by Gasteiger charge is -2.19. The van der Waals surface area contributed by atoms with E-state index >= 15 is 0 Å². The standard InChI is InChI=1S/C14H22N4O3/c1-3-18(10-13(19)16-2)7-8-21-12-6-4-5-11(9-12)14(20)17-15/h4-6,9H,3,7-8,10,15H2,1-2H3,(H,16,19)(H,17,20). The molecule has 0 aliphatic rings. The number of nitrogen functional groups attached to an aromatic ring is 1. The summed E-state index contributed by atoms with van der Waals surface area (Å²) in [7, 11) is 1.61. The second-order valence-electron chi connectivity index (χ2n) is 4.39. The van der Waals surface area contributed by atoms with Gasteiger partial charge in [0.25, 0.3) is 5.91 Å². The second-order valence-corrected chi connectivity index (χ2v) is 4.39. The van der Waals surface area contributed by atoms with Gasteiger partial charge in [-0.05, 0) is 24.7 Å². The number of rotatable bonds is 8. The van der Waals surface area contributed by atoms with Crippen molar-refractivity contribution in [3.8, 4) is 5.75 Å². The van der Waals surface area contributed by atoms with E-state index in [0.29, 0.717) is 31.0 Å². The lowest BCUT2D eigenvalue weighted by atomic mass is 10.2. The summed E-state index contributed by atoms with van der Waals surface area (Å²) in [6.45, 7) is 4.13. The molecule has 2 amide bonds. The maximum absolute atomic E-state index is 11.4. The van der Waals surface area contributed by atoms with E-state index in [9.17, 15) is 9.59 Å². The largest absolute Gasteiger partial charge is 0.492 e. The molecule has 0 unspecified atom stereocenters. The van der Waals surface area contributed by atoms with Crippen LogP contribution in [0.25, 0.3) is 0 Å². The minimum Gasteiger partial charge on any atom is -0.492 e. The number of benzene rings is 1. The van der Waals surface area contributed by atoms with Crippen LogP contribution in [-0.2, 0) is 4.79 Å². The molecule has 0 aliphatic heterocycles. The fourth-order valence-electron chi connectivity index (χ4n) is 1.73. The van der Waals surface area contributed by atoms with E-state index in [1.165, 1.54) is 0 Å². The molecular formula is C14H22N4O3. The molecule has 4 N–H and O–H groups in total. The van der Waals surface area contributed by atoms with Crippen molar-refractivity contribution < 1.29 is 14.3 Å². The number of ether oxygens (including phenoxy) is 1. The zero-order valence-electron chi connectivity index (χ0n) is 12.4. The molecule has 1 aromatic rings. The van der Waals surface area contributed by atoms with Crippen molar-refractivity contribution in [1.29, 1.82) is 0 Å². The van der Waals surface area contributed by atoms with Crippen molar-refractivity contribution in [3.63, 3.8) is 0 Å². The molecule has 21 heavy (non-hydrogen) atoms. The molecule has 0 aromatic heterocycles. The number of nitrogens with two attached hydrogens (primary N) is 1. The smallest absolute Gasteiger partial charge is 0.265 e. The summed E-state index contributed by atoms with van der Waals surface area (Å²) >= 11 is 0. The van der Waals surface area contributed by atoms with Gasteiger partial charge in [0.15, 0.2) is 0 Å². The van der Waals surface area contributed by atoms with Gasteiger partial charge >= 0.3 is 0 Å². The lowest BCUT2D eigenvalue weighted by Crippen LogP contribution is -2.37. The molecule has 0 fully saturated rings. The van der Waals surface area contributed by atoms with Crippen molar-refractivity contribution >= 4 is 11.8 Å². The van der Waals surface area contributed by atoms with Crippen LogP contribution in [0.3, 0.4) is 0 Å². The van der Waals surface area contributed by atoms with Crippen LogP contribution in [0, 0.1) is 0 Å². The first-order valence-corrected chi connectivity index (χ1v) is 6.77. The monoisotopic (exact) mass is 294 g/mol. The van der Waals surface area contributed by atoms with Gasteiger partial charge in [0.2, 0.25) is 5.91 Å². The number of amides is 2. The van der Waals surface area contributed by atoms with Gasteiger partial charge in [-0.15, -0.1) is 0 Å². The van der Waals surface area contributed by atoms with E-state index in [-0.39, 0.29) is 11.8 Å². The highest BCUT2D eigenvalue weighted by Gasteiger charge is 2.08. The Labute approximate surface area is 124 Å². The van der Waals surface area contributed by atoms with Crippen LogP contribution in [0.2, 0.25) is 0 Å². The number of hydrogen-bond acceptors (Lipinski definition) is 5. The SMILES string of the molecule is CCN(CCOc1cccc(C(=O)NN)c1)CC(=O)NC. The Kier molecular flexibility index (Phi) is 7.20. The Bertz CT molecular complexity index is 479. The fourth-order valence-corrected chi connectivity index (χ4v) is 1.73. The zero-order valence-corrected chi connectivity index (χ0v) is 12.4. The van der Waals surface area contributed by atoms with Crippen LogP contribution in [0.1, 0.15) is 17.3 Å². The number of nitrogens with zero attached hydrogens (tertiary/aromatic N) is 1. The topological polar surface area (TPSA) is 96.7 Å². The molecule has 0 atom stereocenters. The summed E-state index contributed by atoms with van der Waals surface area (Å²) in [6.07, 6.45) is 0. The maximum atomic E-state index is 11.4. The van der Waals surface area contributed by atoms with E-state index in [1.807, 2.05) is 11.8 Å². The molecule has 0 saturated heterocycles. The number of likely N-dealkylation sites (N-methyl/N-ethyl adjacent to an activating group) is 2.